The molecule has 0 aliphatic heterocycles. The van der Waals surface area contributed by atoms with Crippen LogP contribution >= 0.6 is 0 Å². The van der Waals surface area contributed by atoms with Crippen LogP contribution < -0.4 is 0 Å². The van der Waals surface area contributed by atoms with Gasteiger partial charge in [0.2, 0.25) is 0 Å². The minimum absolute atomic E-state index is 0.575. The maximum atomic E-state index is 7.91. The fraction of sp³-hybridized carbons (Fsp3) is 0. The highest BCUT2D eigenvalue weighted by Crippen LogP contribution is 2.45. The van der Waals surface area contributed by atoms with Crippen LogP contribution in [-0.2, 0) is 0 Å². The molecular formula is C48H26N4O2. The van der Waals surface area contributed by atoms with Crippen LogP contribution in [0.15, 0.2) is 167 Å². The summed E-state index contributed by atoms with van der Waals surface area (Å²) in [6.07, 6.45) is 2.00. The molecule has 0 saturated carbocycles. The molecule has 5 heterocycles. The number of hydrogen-bond acceptors (Lipinski definition) is 3. The molecule has 5 aromatic heterocycles. The Morgan fingerprint density at radius 1 is 0.481 bits per heavy atom. The van der Waals surface area contributed by atoms with E-state index in [0.29, 0.717) is 5.69 Å². The molecule has 7 aromatic carbocycles. The van der Waals surface area contributed by atoms with Crippen LogP contribution in [0.25, 0.3) is 115 Å². The molecule has 0 N–H and O–H groups in total. The quantitative estimate of drug-likeness (QED) is 0.173. The first kappa shape index (κ1) is 29.0. The highest BCUT2D eigenvalue weighted by Gasteiger charge is 2.24. The third kappa shape index (κ3) is 3.84. The number of hydrogen-bond donors (Lipinski definition) is 0. The van der Waals surface area contributed by atoms with E-state index in [1.807, 2.05) is 48.7 Å². The van der Waals surface area contributed by atoms with Gasteiger partial charge in [-0.3, -0.25) is 4.57 Å². The van der Waals surface area contributed by atoms with Crippen molar-refractivity contribution in [2.45, 2.75) is 0 Å². The highest BCUT2D eigenvalue weighted by atomic mass is 16.3. The summed E-state index contributed by atoms with van der Waals surface area (Å²) in [5.41, 5.74) is 10.9. The number of furan rings is 2. The van der Waals surface area contributed by atoms with Crippen molar-refractivity contribution in [3.63, 3.8) is 0 Å². The van der Waals surface area contributed by atoms with E-state index < -0.39 is 0 Å². The van der Waals surface area contributed by atoms with Crippen molar-refractivity contribution in [1.82, 2.24) is 14.1 Å². The van der Waals surface area contributed by atoms with E-state index in [2.05, 4.69) is 123 Å². The molecule has 0 radical (unpaired) electrons. The van der Waals surface area contributed by atoms with Crippen molar-refractivity contribution in [3.05, 3.63) is 169 Å². The first-order valence-corrected chi connectivity index (χ1v) is 17.9. The smallest absolute Gasteiger partial charge is 0.187 e. The Hall–Kier alpha value is -7.62. The van der Waals surface area contributed by atoms with E-state index >= 15 is 0 Å². The van der Waals surface area contributed by atoms with Gasteiger partial charge in [-0.05, 0) is 66.2 Å². The third-order valence-corrected chi connectivity index (χ3v) is 11.0. The van der Waals surface area contributed by atoms with Crippen LogP contribution in [0.4, 0.5) is 5.69 Å². The largest absolute Gasteiger partial charge is 0.456 e. The second-order valence-electron chi connectivity index (χ2n) is 13.8. The molecule has 12 aromatic rings. The lowest BCUT2D eigenvalue weighted by Crippen LogP contribution is -2.03. The van der Waals surface area contributed by atoms with Crippen LogP contribution in [0, 0.1) is 6.57 Å². The SMILES string of the molecule is [C-]#[N+]c1cccc(-c2cc(-n3c4ccccc4c4ccc5oc6ccccc6c5c43)ncc2-n2c3ccccc3c3ccc4oc5ccccc5c4c32)c1. The summed E-state index contributed by atoms with van der Waals surface area (Å²) in [4.78, 5) is 9.18. The molecule has 54 heavy (non-hydrogen) atoms. The predicted molar refractivity (Wildman–Crippen MR) is 219 cm³/mol. The monoisotopic (exact) mass is 690 g/mol. The van der Waals surface area contributed by atoms with Crippen molar-refractivity contribution in [1.29, 1.82) is 0 Å². The zero-order chi connectivity index (χ0) is 35.5. The normalized spacial score (nSPS) is 12.1. The molecule has 12 rings (SSSR count). The zero-order valence-corrected chi connectivity index (χ0v) is 28.6. The summed E-state index contributed by atoms with van der Waals surface area (Å²) in [6, 6.07) is 52.0. The summed E-state index contributed by atoms with van der Waals surface area (Å²) >= 11 is 0. The molecule has 250 valence electrons. The third-order valence-electron chi connectivity index (χ3n) is 11.0. The van der Waals surface area contributed by atoms with Crippen LogP contribution in [0.1, 0.15) is 0 Å². The number of pyridine rings is 1. The Morgan fingerprint density at radius 3 is 1.67 bits per heavy atom. The second-order valence-corrected chi connectivity index (χ2v) is 13.8. The minimum Gasteiger partial charge on any atom is -0.456 e. The zero-order valence-electron chi connectivity index (χ0n) is 28.6. The van der Waals surface area contributed by atoms with Crippen LogP contribution in [-0.4, -0.2) is 14.1 Å². The number of nitrogens with zero attached hydrogens (tertiary/aromatic N) is 4. The van der Waals surface area contributed by atoms with Crippen LogP contribution in [0.2, 0.25) is 0 Å². The van der Waals surface area contributed by atoms with Gasteiger partial charge in [0.25, 0.3) is 0 Å². The predicted octanol–water partition coefficient (Wildman–Crippen LogP) is 13.3. The first-order chi connectivity index (χ1) is 26.7. The van der Waals surface area contributed by atoms with Crippen molar-refractivity contribution >= 4 is 93.2 Å². The van der Waals surface area contributed by atoms with Gasteiger partial charge in [-0.1, -0.05) is 91.0 Å². The van der Waals surface area contributed by atoms with Gasteiger partial charge in [-0.25, -0.2) is 9.83 Å². The van der Waals surface area contributed by atoms with Gasteiger partial charge in [0.05, 0.1) is 51.3 Å². The fourth-order valence-corrected chi connectivity index (χ4v) is 8.73. The maximum Gasteiger partial charge on any atom is 0.187 e. The Morgan fingerprint density at radius 2 is 1.04 bits per heavy atom. The molecule has 0 aliphatic rings. The van der Waals surface area contributed by atoms with Gasteiger partial charge in [0, 0.05) is 37.9 Å². The molecule has 0 fully saturated rings. The molecule has 0 atom stereocenters. The average molecular weight is 691 g/mol. The fourth-order valence-electron chi connectivity index (χ4n) is 8.73. The molecular weight excluding hydrogens is 665 g/mol. The van der Waals surface area contributed by atoms with E-state index in [1.54, 1.807) is 0 Å². The molecule has 0 aliphatic carbocycles. The summed E-state index contributed by atoms with van der Waals surface area (Å²) in [5, 5.41) is 8.77. The molecule has 6 nitrogen and oxygen atoms in total. The molecule has 0 amide bonds. The molecule has 0 saturated heterocycles. The highest BCUT2D eigenvalue weighted by molar-refractivity contribution is 6.26. The van der Waals surface area contributed by atoms with E-state index in [9.17, 15) is 0 Å². The lowest BCUT2D eigenvalue weighted by Gasteiger charge is -2.17. The summed E-state index contributed by atoms with van der Waals surface area (Å²) in [7, 11) is 0. The standard InChI is InChI=1S/C48H26N4O2/c1-49-29-12-10-11-28(25-29)36-26-44(52-38-18-7-3-14-31(38)33-22-24-43-46(48(33)52)35-16-5-9-20-41(35)54-43)50-27-39(36)51-37-17-6-2-13-30(37)32-21-23-42-45(47(32)51)34-15-4-8-19-40(34)53-42/h2-27H. The van der Waals surface area contributed by atoms with Crippen molar-refractivity contribution in [2.75, 3.05) is 0 Å². The van der Waals surface area contributed by atoms with Crippen LogP contribution in [0.3, 0.4) is 0 Å². The van der Waals surface area contributed by atoms with E-state index in [1.165, 1.54) is 0 Å². The summed E-state index contributed by atoms with van der Waals surface area (Å²) in [6.45, 7) is 7.91. The maximum absolute atomic E-state index is 7.91. The topological polar surface area (TPSA) is 53.4 Å². The molecule has 0 bridgehead atoms. The Balaban J connectivity index is 1.24. The number of benzene rings is 7. The number of fused-ring (bicyclic) bond motifs is 14. The number of aromatic nitrogens is 3. The Bertz CT molecular complexity index is 3590. The lowest BCUT2D eigenvalue weighted by molar-refractivity contribution is 0.669. The Labute approximate surface area is 307 Å². The molecule has 6 heteroatoms. The molecule has 0 unspecified atom stereocenters. The van der Waals surface area contributed by atoms with Gasteiger partial charge < -0.3 is 13.4 Å². The van der Waals surface area contributed by atoms with E-state index in [-0.39, 0.29) is 0 Å². The van der Waals surface area contributed by atoms with Gasteiger partial charge in [0.1, 0.15) is 28.1 Å². The van der Waals surface area contributed by atoms with Gasteiger partial charge in [0.15, 0.2) is 5.69 Å². The average Bonchev–Trinajstić information content (AvgIpc) is 3.98. The summed E-state index contributed by atoms with van der Waals surface area (Å²) < 4.78 is 17.4. The van der Waals surface area contributed by atoms with Crippen molar-refractivity contribution < 1.29 is 8.83 Å². The summed E-state index contributed by atoms with van der Waals surface area (Å²) in [5.74, 6) is 0.769. The van der Waals surface area contributed by atoms with Gasteiger partial charge in [-0.2, -0.15) is 0 Å². The number of para-hydroxylation sites is 4. The van der Waals surface area contributed by atoms with E-state index in [4.69, 9.17) is 20.4 Å². The van der Waals surface area contributed by atoms with E-state index in [0.717, 1.165) is 110 Å². The Kier molecular flexibility index (Phi) is 5.75. The van der Waals surface area contributed by atoms with Gasteiger partial charge >= 0.3 is 0 Å². The van der Waals surface area contributed by atoms with Crippen LogP contribution in [0.5, 0.6) is 0 Å². The lowest BCUT2D eigenvalue weighted by atomic mass is 10.0. The molecule has 0 spiro atoms. The van der Waals surface area contributed by atoms with Gasteiger partial charge in [-0.15, -0.1) is 0 Å². The first-order valence-electron chi connectivity index (χ1n) is 17.9. The minimum atomic E-state index is 0.575. The van der Waals surface area contributed by atoms with Crippen molar-refractivity contribution in [2.24, 2.45) is 0 Å². The van der Waals surface area contributed by atoms with Crippen molar-refractivity contribution in [3.8, 4) is 22.6 Å². The number of rotatable bonds is 3. The second kappa shape index (κ2) is 10.7.